The summed E-state index contributed by atoms with van der Waals surface area (Å²) in [5, 5.41) is 0. The van der Waals surface area contributed by atoms with Crippen molar-refractivity contribution in [2.45, 2.75) is 45.3 Å². The monoisotopic (exact) mass is 380 g/mol. The number of rotatable bonds is 2. The van der Waals surface area contributed by atoms with E-state index in [9.17, 15) is 4.79 Å². The number of nitrogens with zero attached hydrogens (tertiary/aromatic N) is 2. The fourth-order valence-corrected chi connectivity index (χ4v) is 2.82. The Kier molecular flexibility index (Phi) is 5.53. The number of ether oxygens (including phenoxy) is 2. The number of benzene rings is 1. The second-order valence-corrected chi connectivity index (χ2v) is 7.46. The number of carbonyl (C=O) groups is 1. The molecule has 1 aromatic carbocycles. The molecule has 1 saturated heterocycles. The van der Waals surface area contributed by atoms with Crippen molar-refractivity contribution in [3.63, 3.8) is 0 Å². The largest absolute Gasteiger partial charge is 0.492 e. The Bertz CT molecular complexity index is 611. The lowest BCUT2D eigenvalue weighted by Crippen LogP contribution is -2.44. The molecule has 1 aliphatic rings. The number of hydrogen-bond acceptors (Lipinski definition) is 3. The number of halogens is 1. The van der Waals surface area contributed by atoms with E-state index in [4.69, 9.17) is 16.0 Å². The molecule has 0 saturated carbocycles. The van der Waals surface area contributed by atoms with Crippen molar-refractivity contribution in [1.29, 1.82) is 0 Å². The Morgan fingerprint density at radius 3 is 2.52 bits per heavy atom. The maximum absolute atomic E-state index is 12.0. The van der Waals surface area contributed by atoms with E-state index in [1.54, 1.807) is 17.0 Å². The molecule has 0 aromatic heterocycles. The van der Waals surface area contributed by atoms with Crippen LogP contribution in [0.25, 0.3) is 4.85 Å². The second-order valence-electron chi connectivity index (χ2n) is 6.54. The van der Waals surface area contributed by atoms with Gasteiger partial charge in [0, 0.05) is 30.4 Å². The third-order valence-corrected chi connectivity index (χ3v) is 3.84. The summed E-state index contributed by atoms with van der Waals surface area (Å²) in [6.07, 6.45) is 1.27. The molecule has 124 valence electrons. The standard InChI is InChI=1S/C17H21BrN2O3/c1-17(2,3)23-16(21)20-7-5-14(6-8-20)22-15-10-12(18)9-13(11-15)19-4/h9-11,14H,5-8H2,1-3H3. The van der Waals surface area contributed by atoms with Crippen molar-refractivity contribution in [3.05, 3.63) is 34.1 Å². The molecule has 0 radical (unpaired) electrons. The van der Waals surface area contributed by atoms with Gasteiger partial charge >= 0.3 is 6.09 Å². The summed E-state index contributed by atoms with van der Waals surface area (Å²) >= 11 is 3.38. The van der Waals surface area contributed by atoms with Crippen LogP contribution >= 0.6 is 15.9 Å². The maximum atomic E-state index is 12.0. The van der Waals surface area contributed by atoms with Gasteiger partial charge in [-0.25, -0.2) is 9.64 Å². The van der Waals surface area contributed by atoms with E-state index < -0.39 is 5.60 Å². The van der Waals surface area contributed by atoms with Crippen LogP contribution in [0.1, 0.15) is 33.6 Å². The lowest BCUT2D eigenvalue weighted by molar-refractivity contribution is 0.0126. The lowest BCUT2D eigenvalue weighted by Gasteiger charge is -2.33. The van der Waals surface area contributed by atoms with Crippen molar-refractivity contribution in [1.82, 2.24) is 4.90 Å². The first-order valence-electron chi connectivity index (χ1n) is 7.59. The fourth-order valence-electron chi connectivity index (χ4n) is 2.36. The summed E-state index contributed by atoms with van der Waals surface area (Å²) in [6, 6.07) is 5.35. The van der Waals surface area contributed by atoms with Crippen LogP contribution in [-0.2, 0) is 4.74 Å². The van der Waals surface area contributed by atoms with Gasteiger partial charge in [0.25, 0.3) is 0 Å². The van der Waals surface area contributed by atoms with Crippen LogP contribution in [0.15, 0.2) is 22.7 Å². The van der Waals surface area contributed by atoms with Gasteiger partial charge in [0.1, 0.15) is 17.5 Å². The predicted molar refractivity (Wildman–Crippen MR) is 91.9 cm³/mol. The molecule has 23 heavy (non-hydrogen) atoms. The predicted octanol–water partition coefficient (Wildman–Crippen LogP) is 4.78. The van der Waals surface area contributed by atoms with E-state index in [0.717, 1.165) is 17.3 Å². The molecule has 0 atom stereocenters. The molecule has 0 spiro atoms. The molecule has 0 N–H and O–H groups in total. The van der Waals surface area contributed by atoms with Crippen molar-refractivity contribution >= 4 is 27.7 Å². The SMILES string of the molecule is [C-]#[N+]c1cc(Br)cc(OC2CCN(C(=O)OC(C)(C)C)CC2)c1. The Morgan fingerprint density at radius 1 is 1.30 bits per heavy atom. The van der Waals surface area contributed by atoms with Gasteiger partial charge in [-0.1, -0.05) is 15.9 Å². The van der Waals surface area contributed by atoms with E-state index in [1.807, 2.05) is 26.8 Å². The molecule has 0 aliphatic carbocycles. The quantitative estimate of drug-likeness (QED) is 0.693. The highest BCUT2D eigenvalue weighted by Crippen LogP contribution is 2.29. The summed E-state index contributed by atoms with van der Waals surface area (Å²) in [5.74, 6) is 0.682. The van der Waals surface area contributed by atoms with E-state index in [2.05, 4.69) is 20.8 Å². The maximum Gasteiger partial charge on any atom is 0.410 e. The molecular weight excluding hydrogens is 360 g/mol. The third kappa shape index (κ3) is 5.43. The molecule has 2 rings (SSSR count). The minimum atomic E-state index is -0.475. The van der Waals surface area contributed by atoms with Crippen molar-refractivity contribution in [3.8, 4) is 5.75 Å². The number of likely N-dealkylation sites (tertiary alicyclic amines) is 1. The first-order valence-corrected chi connectivity index (χ1v) is 8.39. The number of carbonyl (C=O) groups excluding carboxylic acids is 1. The van der Waals surface area contributed by atoms with Crippen molar-refractivity contribution in [2.75, 3.05) is 13.1 Å². The molecule has 1 heterocycles. The summed E-state index contributed by atoms with van der Waals surface area (Å²) in [5.41, 5.74) is 0.0669. The van der Waals surface area contributed by atoms with Crippen LogP contribution in [-0.4, -0.2) is 35.8 Å². The minimum Gasteiger partial charge on any atom is -0.492 e. The fraction of sp³-hybridized carbons (Fsp3) is 0.529. The highest BCUT2D eigenvalue weighted by molar-refractivity contribution is 9.10. The Hall–Kier alpha value is -1.74. The van der Waals surface area contributed by atoms with Gasteiger partial charge in [0.2, 0.25) is 0 Å². The smallest absolute Gasteiger partial charge is 0.410 e. The normalized spacial score (nSPS) is 15.9. The van der Waals surface area contributed by atoms with E-state index in [1.165, 1.54) is 0 Å². The van der Waals surface area contributed by atoms with Crippen LogP contribution in [0.5, 0.6) is 5.75 Å². The third-order valence-electron chi connectivity index (χ3n) is 3.38. The van der Waals surface area contributed by atoms with Gasteiger partial charge in [0.15, 0.2) is 5.69 Å². The number of piperidine rings is 1. The average molecular weight is 381 g/mol. The van der Waals surface area contributed by atoms with Crippen molar-refractivity contribution < 1.29 is 14.3 Å². The molecule has 0 unspecified atom stereocenters. The van der Waals surface area contributed by atoms with Gasteiger partial charge in [-0.05, 0) is 39.0 Å². The first-order chi connectivity index (χ1) is 10.8. The molecule has 6 heteroatoms. The average Bonchev–Trinajstić information content (AvgIpc) is 2.45. The zero-order valence-corrected chi connectivity index (χ0v) is 15.2. The van der Waals surface area contributed by atoms with Gasteiger partial charge in [-0.15, -0.1) is 0 Å². The molecule has 1 fully saturated rings. The van der Waals surface area contributed by atoms with E-state index in [0.29, 0.717) is 24.5 Å². The van der Waals surface area contributed by atoms with Gasteiger partial charge in [-0.3, -0.25) is 0 Å². The van der Waals surface area contributed by atoms with Crippen molar-refractivity contribution in [2.24, 2.45) is 0 Å². The van der Waals surface area contributed by atoms with Crippen LogP contribution in [0.3, 0.4) is 0 Å². The van der Waals surface area contributed by atoms with Crippen LogP contribution in [0, 0.1) is 6.57 Å². The topological polar surface area (TPSA) is 43.1 Å². The van der Waals surface area contributed by atoms with Gasteiger partial charge < -0.3 is 14.4 Å². The van der Waals surface area contributed by atoms with Gasteiger partial charge in [0.05, 0.1) is 6.57 Å². The highest BCUT2D eigenvalue weighted by Gasteiger charge is 2.27. The van der Waals surface area contributed by atoms with Crippen LogP contribution in [0.2, 0.25) is 0 Å². The number of amides is 1. The zero-order valence-electron chi connectivity index (χ0n) is 13.6. The molecular formula is C17H21BrN2O3. The summed E-state index contributed by atoms with van der Waals surface area (Å²) in [6.45, 7) is 13.9. The molecule has 1 aliphatic heterocycles. The Balaban J connectivity index is 1.89. The second kappa shape index (κ2) is 7.22. The lowest BCUT2D eigenvalue weighted by atomic mass is 10.1. The first kappa shape index (κ1) is 17.6. The molecule has 5 nitrogen and oxygen atoms in total. The Labute approximate surface area is 145 Å². The molecule has 1 aromatic rings. The number of hydrogen-bond donors (Lipinski definition) is 0. The summed E-state index contributed by atoms with van der Waals surface area (Å²) in [7, 11) is 0. The minimum absolute atomic E-state index is 0.0431. The van der Waals surface area contributed by atoms with Crippen LogP contribution < -0.4 is 4.74 Å². The molecule has 0 bridgehead atoms. The van der Waals surface area contributed by atoms with E-state index in [-0.39, 0.29) is 12.2 Å². The highest BCUT2D eigenvalue weighted by atomic mass is 79.9. The van der Waals surface area contributed by atoms with E-state index >= 15 is 0 Å². The Morgan fingerprint density at radius 2 is 1.96 bits per heavy atom. The summed E-state index contributed by atoms with van der Waals surface area (Å²) in [4.78, 5) is 17.2. The van der Waals surface area contributed by atoms with Crippen LogP contribution in [0.4, 0.5) is 10.5 Å². The van der Waals surface area contributed by atoms with Gasteiger partial charge in [-0.2, -0.15) is 0 Å². The summed E-state index contributed by atoms with van der Waals surface area (Å²) < 4.78 is 12.2. The zero-order chi connectivity index (χ0) is 17.0. The molecule has 1 amide bonds.